The van der Waals surface area contributed by atoms with E-state index >= 15 is 0 Å². The Morgan fingerprint density at radius 1 is 1.82 bits per heavy atom. The molecule has 0 amide bonds. The molecule has 58 valence electrons. The van der Waals surface area contributed by atoms with Gasteiger partial charge in [0.1, 0.15) is 11.6 Å². The van der Waals surface area contributed by atoms with Crippen LogP contribution in [0.5, 0.6) is 0 Å². The minimum Gasteiger partial charge on any atom is -0.477 e. The van der Waals surface area contributed by atoms with Crippen LogP contribution in [-0.4, -0.2) is 11.1 Å². The molecular formula is C8H9NO2. The molecular weight excluding hydrogens is 142 g/mol. The number of nitriles is 1. The van der Waals surface area contributed by atoms with Gasteiger partial charge in [-0.2, -0.15) is 5.26 Å². The van der Waals surface area contributed by atoms with Crippen LogP contribution in [-0.2, 0) is 4.79 Å². The Labute approximate surface area is 64.9 Å². The first-order valence-electron chi connectivity index (χ1n) is 3.53. The SMILES string of the molecule is CC1CCC1=C(C#N)C(=O)O. The lowest BCUT2D eigenvalue weighted by atomic mass is 9.78. The van der Waals surface area contributed by atoms with Gasteiger partial charge >= 0.3 is 5.97 Å². The highest BCUT2D eigenvalue weighted by Crippen LogP contribution is 2.35. The first-order valence-corrected chi connectivity index (χ1v) is 3.53. The van der Waals surface area contributed by atoms with Crippen LogP contribution in [0, 0.1) is 17.2 Å². The van der Waals surface area contributed by atoms with Crippen LogP contribution >= 0.6 is 0 Å². The standard InChI is InChI=1S/C8H9NO2/c1-5-2-3-6(5)7(4-9)8(10)11/h5H,2-3H2,1H3,(H,10,11). The van der Waals surface area contributed by atoms with Crippen molar-refractivity contribution >= 4 is 5.97 Å². The van der Waals surface area contributed by atoms with Crippen LogP contribution in [0.2, 0.25) is 0 Å². The molecule has 1 aliphatic carbocycles. The van der Waals surface area contributed by atoms with E-state index in [1.165, 1.54) is 0 Å². The summed E-state index contributed by atoms with van der Waals surface area (Å²) in [6.07, 6.45) is 1.78. The monoisotopic (exact) mass is 151 g/mol. The van der Waals surface area contributed by atoms with Gasteiger partial charge in [0.05, 0.1) is 0 Å². The van der Waals surface area contributed by atoms with Crippen molar-refractivity contribution < 1.29 is 9.90 Å². The van der Waals surface area contributed by atoms with Crippen molar-refractivity contribution in [3.8, 4) is 6.07 Å². The summed E-state index contributed by atoms with van der Waals surface area (Å²) >= 11 is 0. The summed E-state index contributed by atoms with van der Waals surface area (Å²) in [4.78, 5) is 10.4. The van der Waals surface area contributed by atoms with Crippen LogP contribution < -0.4 is 0 Å². The van der Waals surface area contributed by atoms with E-state index in [1.807, 2.05) is 6.92 Å². The number of carbonyl (C=O) groups is 1. The van der Waals surface area contributed by atoms with Crippen molar-refractivity contribution in [2.24, 2.45) is 5.92 Å². The van der Waals surface area contributed by atoms with Gasteiger partial charge in [0.15, 0.2) is 0 Å². The van der Waals surface area contributed by atoms with Crippen LogP contribution in [0.3, 0.4) is 0 Å². The predicted octanol–water partition coefficient (Wildman–Crippen LogP) is 1.32. The Kier molecular flexibility index (Phi) is 1.95. The molecule has 0 radical (unpaired) electrons. The maximum Gasteiger partial charge on any atom is 0.346 e. The molecule has 0 saturated heterocycles. The molecule has 11 heavy (non-hydrogen) atoms. The highest BCUT2D eigenvalue weighted by Gasteiger charge is 2.26. The third kappa shape index (κ3) is 1.25. The van der Waals surface area contributed by atoms with Gasteiger partial charge < -0.3 is 5.11 Å². The molecule has 0 aromatic heterocycles. The molecule has 0 heterocycles. The van der Waals surface area contributed by atoms with Gasteiger partial charge in [-0.05, 0) is 24.3 Å². The summed E-state index contributed by atoms with van der Waals surface area (Å²) in [5.74, 6) is -0.796. The van der Waals surface area contributed by atoms with Gasteiger partial charge in [0, 0.05) is 0 Å². The molecule has 0 spiro atoms. The van der Waals surface area contributed by atoms with E-state index in [0.717, 1.165) is 18.4 Å². The Morgan fingerprint density at radius 3 is 2.55 bits per heavy atom. The fraction of sp³-hybridized carbons (Fsp3) is 0.500. The fourth-order valence-electron chi connectivity index (χ4n) is 1.21. The lowest BCUT2D eigenvalue weighted by molar-refractivity contribution is -0.132. The molecule has 1 aliphatic rings. The smallest absolute Gasteiger partial charge is 0.346 e. The van der Waals surface area contributed by atoms with Gasteiger partial charge in [-0.1, -0.05) is 6.92 Å². The average Bonchev–Trinajstić information content (AvgIpc) is 1.96. The number of nitrogens with zero attached hydrogens (tertiary/aromatic N) is 1. The van der Waals surface area contributed by atoms with E-state index < -0.39 is 5.97 Å². The largest absolute Gasteiger partial charge is 0.477 e. The normalized spacial score (nSPS) is 26.7. The van der Waals surface area contributed by atoms with E-state index in [1.54, 1.807) is 6.07 Å². The summed E-state index contributed by atoms with van der Waals surface area (Å²) < 4.78 is 0. The molecule has 0 bridgehead atoms. The van der Waals surface area contributed by atoms with Crippen LogP contribution in [0.1, 0.15) is 19.8 Å². The Morgan fingerprint density at radius 2 is 2.45 bits per heavy atom. The molecule has 0 aromatic carbocycles. The highest BCUT2D eigenvalue weighted by molar-refractivity contribution is 5.92. The van der Waals surface area contributed by atoms with Crippen molar-refractivity contribution in [1.29, 1.82) is 5.26 Å². The predicted molar refractivity (Wildman–Crippen MR) is 38.7 cm³/mol. The van der Waals surface area contributed by atoms with E-state index in [9.17, 15) is 4.79 Å². The minimum atomic E-state index is -1.09. The molecule has 1 N–H and O–H groups in total. The Bertz CT molecular complexity index is 260. The number of carboxylic acid groups (broad SMARTS) is 1. The Hall–Kier alpha value is -1.30. The third-order valence-corrected chi connectivity index (χ3v) is 2.09. The van der Waals surface area contributed by atoms with Crippen molar-refractivity contribution in [3.63, 3.8) is 0 Å². The maximum absolute atomic E-state index is 10.4. The summed E-state index contributed by atoms with van der Waals surface area (Å²) in [5.41, 5.74) is 0.753. The number of hydrogen-bond donors (Lipinski definition) is 1. The third-order valence-electron chi connectivity index (χ3n) is 2.09. The van der Waals surface area contributed by atoms with Gasteiger partial charge in [-0.25, -0.2) is 4.79 Å². The highest BCUT2D eigenvalue weighted by atomic mass is 16.4. The summed E-state index contributed by atoms with van der Waals surface area (Å²) in [6.45, 7) is 1.94. The first kappa shape index (κ1) is 7.80. The van der Waals surface area contributed by atoms with Gasteiger partial charge in [0.2, 0.25) is 0 Å². The molecule has 1 fully saturated rings. The lowest BCUT2D eigenvalue weighted by Gasteiger charge is -2.26. The van der Waals surface area contributed by atoms with Gasteiger partial charge in [-0.15, -0.1) is 0 Å². The maximum atomic E-state index is 10.4. The lowest BCUT2D eigenvalue weighted by Crippen LogP contribution is -2.17. The topological polar surface area (TPSA) is 61.1 Å². The van der Waals surface area contributed by atoms with Crippen LogP contribution in [0.25, 0.3) is 0 Å². The fourth-order valence-corrected chi connectivity index (χ4v) is 1.21. The van der Waals surface area contributed by atoms with Crippen molar-refractivity contribution in [2.75, 3.05) is 0 Å². The second-order valence-corrected chi connectivity index (χ2v) is 2.76. The number of hydrogen-bond acceptors (Lipinski definition) is 2. The van der Waals surface area contributed by atoms with E-state index in [2.05, 4.69) is 0 Å². The number of aliphatic carboxylic acids is 1. The second-order valence-electron chi connectivity index (χ2n) is 2.76. The van der Waals surface area contributed by atoms with E-state index in [4.69, 9.17) is 10.4 Å². The van der Waals surface area contributed by atoms with Gasteiger partial charge in [0.25, 0.3) is 0 Å². The molecule has 3 heteroatoms. The summed E-state index contributed by atoms with van der Waals surface area (Å²) in [5, 5.41) is 17.0. The first-order chi connectivity index (χ1) is 5.16. The van der Waals surface area contributed by atoms with Crippen LogP contribution in [0.4, 0.5) is 0 Å². The van der Waals surface area contributed by atoms with Crippen molar-refractivity contribution in [1.82, 2.24) is 0 Å². The van der Waals surface area contributed by atoms with Crippen molar-refractivity contribution in [3.05, 3.63) is 11.1 Å². The Balaban J connectivity index is 2.92. The zero-order valence-electron chi connectivity index (χ0n) is 6.29. The summed E-state index contributed by atoms with van der Waals surface area (Å²) in [6, 6.07) is 1.71. The van der Waals surface area contributed by atoms with E-state index in [-0.39, 0.29) is 5.57 Å². The summed E-state index contributed by atoms with van der Waals surface area (Å²) in [7, 11) is 0. The molecule has 1 rings (SSSR count). The molecule has 0 aliphatic heterocycles. The molecule has 1 saturated carbocycles. The van der Waals surface area contributed by atoms with Crippen LogP contribution in [0.15, 0.2) is 11.1 Å². The molecule has 1 atom stereocenters. The molecule has 3 nitrogen and oxygen atoms in total. The van der Waals surface area contributed by atoms with Gasteiger partial charge in [-0.3, -0.25) is 0 Å². The number of carboxylic acids is 1. The molecule has 1 unspecified atom stereocenters. The average molecular weight is 151 g/mol. The zero-order valence-corrected chi connectivity index (χ0v) is 6.29. The quantitative estimate of drug-likeness (QED) is 0.454. The zero-order chi connectivity index (χ0) is 8.43. The number of rotatable bonds is 1. The minimum absolute atomic E-state index is 0.0521. The second kappa shape index (κ2) is 2.75. The van der Waals surface area contributed by atoms with Crippen molar-refractivity contribution in [2.45, 2.75) is 19.8 Å². The number of allylic oxidation sites excluding steroid dienone is 1. The molecule has 0 aromatic rings. The van der Waals surface area contributed by atoms with E-state index in [0.29, 0.717) is 5.92 Å².